The summed E-state index contributed by atoms with van der Waals surface area (Å²) in [5.74, 6) is -1.14. The number of halogens is 4. The molecule has 2 amide bonds. The molecule has 0 aromatic heterocycles. The molecule has 0 bridgehead atoms. The predicted molar refractivity (Wildman–Crippen MR) is 102 cm³/mol. The molecule has 0 unspecified atom stereocenters. The highest BCUT2D eigenvalue weighted by Gasteiger charge is 2.34. The molecule has 10 heteroatoms. The summed E-state index contributed by atoms with van der Waals surface area (Å²) < 4.78 is 44.6. The number of methoxy groups -OCH3 is 1. The summed E-state index contributed by atoms with van der Waals surface area (Å²) in [4.78, 5) is 23.7. The Balaban J connectivity index is 0.00000392. The van der Waals surface area contributed by atoms with Crippen molar-refractivity contribution in [1.82, 2.24) is 10.6 Å². The van der Waals surface area contributed by atoms with Gasteiger partial charge in [0.2, 0.25) is 5.91 Å². The number of piperidine rings is 1. The molecule has 1 saturated heterocycles. The van der Waals surface area contributed by atoms with Crippen LogP contribution in [0, 0.1) is 5.41 Å². The van der Waals surface area contributed by atoms with E-state index < -0.39 is 23.6 Å². The first-order chi connectivity index (χ1) is 12.6. The largest absolute Gasteiger partial charge is 0.416 e. The van der Waals surface area contributed by atoms with Crippen molar-refractivity contribution < 1.29 is 27.5 Å². The van der Waals surface area contributed by atoms with Crippen molar-refractivity contribution in [2.45, 2.75) is 25.9 Å². The predicted octanol–water partition coefficient (Wildman–Crippen LogP) is 2.83. The van der Waals surface area contributed by atoms with E-state index >= 15 is 0 Å². The van der Waals surface area contributed by atoms with Crippen LogP contribution >= 0.6 is 12.4 Å². The van der Waals surface area contributed by atoms with Gasteiger partial charge in [-0.3, -0.25) is 9.59 Å². The molecule has 1 aliphatic heterocycles. The van der Waals surface area contributed by atoms with Gasteiger partial charge >= 0.3 is 6.18 Å². The Hall–Kier alpha value is -1.84. The lowest BCUT2D eigenvalue weighted by molar-refractivity contribution is -0.137. The smallest absolute Gasteiger partial charge is 0.384 e. The topological polar surface area (TPSA) is 79.5 Å². The molecular weight excluding hydrogens is 399 g/mol. The molecule has 1 aromatic carbocycles. The number of nitrogens with one attached hydrogen (secondary N) is 3. The first-order valence-corrected chi connectivity index (χ1v) is 8.63. The van der Waals surface area contributed by atoms with Crippen LogP contribution in [-0.4, -0.2) is 45.2 Å². The molecule has 0 spiro atoms. The number of rotatable bonds is 6. The molecular formula is C18H25ClF3N3O3. The minimum Gasteiger partial charge on any atom is -0.384 e. The fourth-order valence-electron chi connectivity index (χ4n) is 3.20. The number of ether oxygens (including phenoxy) is 1. The van der Waals surface area contributed by atoms with Crippen LogP contribution in [0.5, 0.6) is 0 Å². The zero-order valence-electron chi connectivity index (χ0n) is 15.7. The van der Waals surface area contributed by atoms with Gasteiger partial charge in [-0.1, -0.05) is 0 Å². The number of alkyl halides is 3. The van der Waals surface area contributed by atoms with Gasteiger partial charge in [0.15, 0.2) is 0 Å². The average molecular weight is 424 g/mol. The first-order valence-electron chi connectivity index (χ1n) is 8.63. The van der Waals surface area contributed by atoms with Crippen LogP contribution in [0.2, 0.25) is 0 Å². The summed E-state index contributed by atoms with van der Waals surface area (Å²) in [6, 6.07) is 2.82. The third-order valence-electron chi connectivity index (χ3n) is 4.58. The summed E-state index contributed by atoms with van der Waals surface area (Å²) in [5.41, 5.74) is -1.48. The normalized spacial score (nSPS) is 16.0. The highest BCUT2D eigenvalue weighted by Crippen LogP contribution is 2.32. The second-order valence-corrected chi connectivity index (χ2v) is 6.84. The van der Waals surface area contributed by atoms with E-state index in [0.29, 0.717) is 13.2 Å². The van der Waals surface area contributed by atoms with Crippen LogP contribution in [0.1, 0.15) is 35.7 Å². The number of carbonyl (C=O) groups is 2. The number of anilines is 1. The van der Waals surface area contributed by atoms with E-state index in [1.54, 1.807) is 7.11 Å². The number of amides is 2. The van der Waals surface area contributed by atoms with E-state index in [4.69, 9.17) is 4.74 Å². The Bertz CT molecular complexity index is 687. The molecule has 3 N–H and O–H groups in total. The number of hydrogen-bond donors (Lipinski definition) is 3. The number of hydrogen-bond acceptors (Lipinski definition) is 4. The Morgan fingerprint density at radius 1 is 1.21 bits per heavy atom. The van der Waals surface area contributed by atoms with E-state index in [9.17, 15) is 22.8 Å². The third kappa shape index (κ3) is 6.65. The Labute approximate surface area is 168 Å². The molecule has 28 heavy (non-hydrogen) atoms. The first kappa shape index (κ1) is 24.2. The molecule has 1 fully saturated rings. The van der Waals surface area contributed by atoms with Crippen molar-refractivity contribution >= 4 is 29.9 Å². The van der Waals surface area contributed by atoms with E-state index in [1.165, 1.54) is 13.0 Å². The van der Waals surface area contributed by atoms with Crippen LogP contribution in [0.4, 0.5) is 18.9 Å². The molecule has 0 radical (unpaired) electrons. The van der Waals surface area contributed by atoms with Gasteiger partial charge in [0.05, 0.1) is 12.2 Å². The number of benzene rings is 1. The van der Waals surface area contributed by atoms with Gasteiger partial charge in [0.1, 0.15) is 0 Å². The van der Waals surface area contributed by atoms with Gasteiger partial charge in [0, 0.05) is 37.2 Å². The second kappa shape index (κ2) is 10.1. The summed E-state index contributed by atoms with van der Waals surface area (Å²) >= 11 is 0. The van der Waals surface area contributed by atoms with Gasteiger partial charge in [-0.2, -0.15) is 13.2 Å². The van der Waals surface area contributed by atoms with Crippen LogP contribution in [-0.2, 0) is 15.7 Å². The lowest BCUT2D eigenvalue weighted by Gasteiger charge is -2.37. The maximum atomic E-state index is 13.1. The zero-order chi connectivity index (χ0) is 20.1. The van der Waals surface area contributed by atoms with Crippen molar-refractivity contribution in [2.75, 3.05) is 38.7 Å². The van der Waals surface area contributed by atoms with E-state index in [0.717, 1.165) is 38.1 Å². The van der Waals surface area contributed by atoms with Crippen LogP contribution in [0.15, 0.2) is 18.2 Å². The highest BCUT2D eigenvalue weighted by atomic mass is 35.5. The molecule has 1 heterocycles. The van der Waals surface area contributed by atoms with Crippen molar-refractivity contribution in [1.29, 1.82) is 0 Å². The van der Waals surface area contributed by atoms with E-state index in [1.807, 2.05) is 0 Å². The quantitative estimate of drug-likeness (QED) is 0.657. The molecule has 0 aliphatic carbocycles. The van der Waals surface area contributed by atoms with Crippen molar-refractivity contribution in [2.24, 2.45) is 5.41 Å². The third-order valence-corrected chi connectivity index (χ3v) is 4.58. The molecule has 1 aromatic rings. The van der Waals surface area contributed by atoms with Crippen molar-refractivity contribution in [3.05, 3.63) is 29.3 Å². The molecule has 2 rings (SSSR count). The lowest BCUT2D eigenvalue weighted by atomic mass is 9.79. The van der Waals surface area contributed by atoms with Gasteiger partial charge in [-0.15, -0.1) is 12.4 Å². The number of carbonyl (C=O) groups excluding carboxylic acids is 2. The average Bonchev–Trinajstić information content (AvgIpc) is 2.59. The van der Waals surface area contributed by atoms with Crippen LogP contribution in [0.25, 0.3) is 0 Å². The fourth-order valence-corrected chi connectivity index (χ4v) is 3.20. The van der Waals surface area contributed by atoms with E-state index in [2.05, 4.69) is 16.0 Å². The second-order valence-electron chi connectivity index (χ2n) is 6.84. The maximum Gasteiger partial charge on any atom is 0.416 e. The lowest BCUT2D eigenvalue weighted by Crippen LogP contribution is -2.47. The zero-order valence-corrected chi connectivity index (χ0v) is 16.6. The Morgan fingerprint density at radius 2 is 1.86 bits per heavy atom. The standard InChI is InChI=1S/C18H24F3N3O3.ClH/c1-12(25)24-15-8-13(7-14(9-15)18(19,20)21)16(26)23-10-17(11-27-2)3-5-22-6-4-17;/h7-9,22H,3-6,10-11H2,1-2H3,(H,23,26)(H,24,25);1H. The van der Waals surface area contributed by atoms with Crippen molar-refractivity contribution in [3.63, 3.8) is 0 Å². The summed E-state index contributed by atoms with van der Waals surface area (Å²) in [6.45, 7) is 3.51. The van der Waals surface area contributed by atoms with Crippen LogP contribution < -0.4 is 16.0 Å². The molecule has 6 nitrogen and oxygen atoms in total. The van der Waals surface area contributed by atoms with Gasteiger partial charge < -0.3 is 20.7 Å². The van der Waals surface area contributed by atoms with E-state index in [-0.39, 0.29) is 29.1 Å². The minimum atomic E-state index is -4.63. The monoisotopic (exact) mass is 423 g/mol. The van der Waals surface area contributed by atoms with Crippen LogP contribution in [0.3, 0.4) is 0 Å². The summed E-state index contributed by atoms with van der Waals surface area (Å²) in [6.07, 6.45) is -3.04. The Morgan fingerprint density at radius 3 is 2.39 bits per heavy atom. The highest BCUT2D eigenvalue weighted by molar-refractivity contribution is 5.97. The molecule has 0 atom stereocenters. The van der Waals surface area contributed by atoms with Gasteiger partial charge in [0.25, 0.3) is 5.91 Å². The minimum absolute atomic E-state index is 0. The molecule has 0 saturated carbocycles. The fraction of sp³-hybridized carbons (Fsp3) is 0.556. The Kier molecular flexibility index (Phi) is 8.72. The summed E-state index contributed by atoms with van der Waals surface area (Å²) in [5, 5.41) is 8.26. The van der Waals surface area contributed by atoms with Crippen molar-refractivity contribution in [3.8, 4) is 0 Å². The SMILES string of the molecule is COCC1(CNC(=O)c2cc(NC(C)=O)cc(C(F)(F)F)c2)CCNCC1.Cl. The maximum absolute atomic E-state index is 13.1. The molecule has 1 aliphatic rings. The summed E-state index contributed by atoms with van der Waals surface area (Å²) in [7, 11) is 1.58. The van der Waals surface area contributed by atoms with Gasteiger partial charge in [-0.25, -0.2) is 0 Å². The molecule has 158 valence electrons. The van der Waals surface area contributed by atoms with Gasteiger partial charge in [-0.05, 0) is 44.1 Å².